The molecule has 0 spiro atoms. The van der Waals surface area contributed by atoms with Crippen molar-refractivity contribution in [2.75, 3.05) is 13.7 Å². The second-order valence-electron chi connectivity index (χ2n) is 7.04. The fourth-order valence-corrected chi connectivity index (χ4v) is 4.75. The molecule has 1 aliphatic heterocycles. The summed E-state index contributed by atoms with van der Waals surface area (Å²) >= 11 is 19.3. The van der Waals surface area contributed by atoms with Crippen LogP contribution in [-0.4, -0.2) is 41.8 Å². The number of thioether (sulfide) groups is 1. The Hall–Kier alpha value is -2.39. The number of nitrogens with zero attached hydrogens (tertiary/aromatic N) is 1. The number of esters is 1. The van der Waals surface area contributed by atoms with Crippen molar-refractivity contribution in [1.29, 1.82) is 0 Å². The fraction of sp³-hybridized carbons (Fsp3) is 0.261. The predicted octanol–water partition coefficient (Wildman–Crippen LogP) is 6.22. The molecule has 0 aromatic heterocycles. The van der Waals surface area contributed by atoms with E-state index in [-0.39, 0.29) is 16.5 Å². The molecule has 0 aliphatic carbocycles. The monoisotopic (exact) mass is 543 g/mol. The minimum atomic E-state index is -1.04. The summed E-state index contributed by atoms with van der Waals surface area (Å²) in [6, 6.07) is 7.25. The topological polar surface area (TPSA) is 82.1 Å². The number of hydrogen-bond acceptors (Lipinski definition) is 7. The lowest BCUT2D eigenvalue weighted by Gasteiger charge is -2.18. The van der Waals surface area contributed by atoms with Crippen molar-refractivity contribution in [3.05, 3.63) is 61.4 Å². The molecule has 11 heteroatoms. The first-order chi connectivity index (χ1) is 16.2. The van der Waals surface area contributed by atoms with E-state index in [1.165, 1.54) is 20.1 Å². The molecule has 1 heterocycles. The SMILES string of the molecule is CCOc1cc(/C=C2/SC(=O)N([C@H](C)C(=O)OC)C2=O)cc(Cl)c1OCc1ccc(Cl)cc1Cl. The Morgan fingerprint density at radius 3 is 2.50 bits per heavy atom. The van der Waals surface area contributed by atoms with Crippen LogP contribution in [0.2, 0.25) is 15.1 Å². The molecule has 0 saturated carbocycles. The van der Waals surface area contributed by atoms with Gasteiger partial charge >= 0.3 is 5.97 Å². The lowest BCUT2D eigenvalue weighted by Crippen LogP contribution is -2.42. The van der Waals surface area contributed by atoms with Gasteiger partial charge in [-0.25, -0.2) is 4.79 Å². The number of halogens is 3. The summed E-state index contributed by atoms with van der Waals surface area (Å²) in [4.78, 5) is 37.9. The van der Waals surface area contributed by atoms with Gasteiger partial charge in [0.15, 0.2) is 11.5 Å². The van der Waals surface area contributed by atoms with Crippen molar-refractivity contribution in [2.24, 2.45) is 0 Å². The smallest absolute Gasteiger partial charge is 0.328 e. The van der Waals surface area contributed by atoms with Crippen molar-refractivity contribution < 1.29 is 28.6 Å². The van der Waals surface area contributed by atoms with Crippen LogP contribution in [0.3, 0.4) is 0 Å². The highest BCUT2D eigenvalue weighted by molar-refractivity contribution is 8.18. The number of amides is 2. The Labute approximate surface area is 215 Å². The first-order valence-electron chi connectivity index (χ1n) is 10.0. The molecule has 3 rings (SSSR count). The van der Waals surface area contributed by atoms with Gasteiger partial charge < -0.3 is 14.2 Å². The number of imide groups is 1. The van der Waals surface area contributed by atoms with E-state index in [4.69, 9.17) is 44.3 Å². The Bertz CT molecular complexity index is 1170. The quantitative estimate of drug-likeness (QED) is 0.288. The van der Waals surface area contributed by atoms with E-state index in [1.807, 2.05) is 0 Å². The van der Waals surface area contributed by atoms with Crippen LogP contribution >= 0.6 is 46.6 Å². The van der Waals surface area contributed by atoms with Crippen LogP contribution in [0.4, 0.5) is 4.79 Å². The zero-order valence-electron chi connectivity index (χ0n) is 18.4. The third kappa shape index (κ3) is 5.81. The maximum absolute atomic E-state index is 12.8. The zero-order valence-corrected chi connectivity index (χ0v) is 21.5. The lowest BCUT2D eigenvalue weighted by atomic mass is 10.1. The molecule has 7 nitrogen and oxygen atoms in total. The summed E-state index contributed by atoms with van der Waals surface area (Å²) < 4.78 is 16.2. The van der Waals surface area contributed by atoms with E-state index in [1.54, 1.807) is 37.3 Å². The van der Waals surface area contributed by atoms with E-state index >= 15 is 0 Å². The molecule has 1 fully saturated rings. The largest absolute Gasteiger partial charge is 0.490 e. The Morgan fingerprint density at radius 1 is 1.12 bits per heavy atom. The van der Waals surface area contributed by atoms with Crippen LogP contribution in [0.15, 0.2) is 35.2 Å². The summed E-state index contributed by atoms with van der Waals surface area (Å²) in [5, 5.41) is 0.640. The van der Waals surface area contributed by atoms with Crippen molar-refractivity contribution in [2.45, 2.75) is 26.5 Å². The predicted molar refractivity (Wildman–Crippen MR) is 133 cm³/mol. The number of carbonyl (C=O) groups excluding carboxylic acids is 3. The molecule has 2 aromatic rings. The van der Waals surface area contributed by atoms with Gasteiger partial charge in [0.2, 0.25) is 0 Å². The Kier molecular flexibility index (Phi) is 8.76. The van der Waals surface area contributed by atoms with E-state index in [9.17, 15) is 14.4 Å². The normalized spacial score (nSPS) is 15.6. The van der Waals surface area contributed by atoms with Gasteiger partial charge in [-0.05, 0) is 61.5 Å². The molecule has 2 aromatic carbocycles. The molecule has 1 aliphatic rings. The molecule has 1 saturated heterocycles. The Morgan fingerprint density at radius 2 is 1.85 bits per heavy atom. The minimum Gasteiger partial charge on any atom is -0.490 e. The number of ether oxygens (including phenoxy) is 3. The molecule has 2 amide bonds. The standard InChI is InChI=1S/C23H20Cl3NO6S/c1-4-32-18-8-13(9-19-21(28)27(23(30)34-19)12(2)22(29)31-3)7-17(26)20(18)33-11-14-5-6-15(24)10-16(14)25/h5-10,12H,4,11H2,1-3H3/b19-9+/t12-/m1/s1. The summed E-state index contributed by atoms with van der Waals surface area (Å²) in [5.41, 5.74) is 1.23. The molecule has 0 radical (unpaired) electrons. The van der Waals surface area contributed by atoms with Gasteiger partial charge in [-0.15, -0.1) is 0 Å². The highest BCUT2D eigenvalue weighted by atomic mass is 35.5. The third-order valence-corrected chi connectivity index (χ3v) is 6.52. The fourth-order valence-electron chi connectivity index (χ4n) is 3.10. The van der Waals surface area contributed by atoms with Crippen LogP contribution in [0.25, 0.3) is 6.08 Å². The van der Waals surface area contributed by atoms with Crippen LogP contribution < -0.4 is 9.47 Å². The maximum Gasteiger partial charge on any atom is 0.328 e. The van der Waals surface area contributed by atoms with Gasteiger partial charge in [-0.3, -0.25) is 14.5 Å². The van der Waals surface area contributed by atoms with Crippen LogP contribution in [0.5, 0.6) is 11.5 Å². The molecule has 0 N–H and O–H groups in total. The molecular weight excluding hydrogens is 525 g/mol. The van der Waals surface area contributed by atoms with Gasteiger partial charge in [0.05, 0.1) is 23.6 Å². The second-order valence-corrected chi connectivity index (χ2v) is 9.28. The van der Waals surface area contributed by atoms with E-state index in [0.29, 0.717) is 39.3 Å². The van der Waals surface area contributed by atoms with E-state index in [2.05, 4.69) is 4.74 Å². The van der Waals surface area contributed by atoms with Gasteiger partial charge in [-0.2, -0.15) is 0 Å². The van der Waals surface area contributed by atoms with Crippen molar-refractivity contribution in [3.63, 3.8) is 0 Å². The van der Waals surface area contributed by atoms with Crippen LogP contribution in [-0.2, 0) is 20.9 Å². The van der Waals surface area contributed by atoms with Gasteiger partial charge in [-0.1, -0.05) is 40.9 Å². The number of benzene rings is 2. The summed E-state index contributed by atoms with van der Waals surface area (Å²) in [6.45, 7) is 3.69. The van der Waals surface area contributed by atoms with E-state index < -0.39 is 23.2 Å². The van der Waals surface area contributed by atoms with Crippen molar-refractivity contribution >= 4 is 69.8 Å². The number of rotatable bonds is 8. The molecule has 1 atom stereocenters. The molecular formula is C23H20Cl3NO6S. The third-order valence-electron chi connectivity index (χ3n) is 4.77. The number of carbonyl (C=O) groups is 3. The number of hydrogen-bond donors (Lipinski definition) is 0. The molecule has 180 valence electrons. The lowest BCUT2D eigenvalue weighted by molar-refractivity contribution is -0.148. The first kappa shape index (κ1) is 26.2. The molecule has 0 bridgehead atoms. The molecule has 34 heavy (non-hydrogen) atoms. The average molecular weight is 545 g/mol. The second kappa shape index (κ2) is 11.4. The summed E-state index contributed by atoms with van der Waals surface area (Å²) in [6.07, 6.45) is 1.50. The van der Waals surface area contributed by atoms with Crippen LogP contribution in [0.1, 0.15) is 25.0 Å². The zero-order chi connectivity index (χ0) is 25.0. The van der Waals surface area contributed by atoms with Crippen LogP contribution in [0, 0.1) is 0 Å². The molecule has 0 unspecified atom stereocenters. The van der Waals surface area contributed by atoms with E-state index in [0.717, 1.165) is 16.7 Å². The number of methoxy groups -OCH3 is 1. The van der Waals surface area contributed by atoms with Gasteiger partial charge in [0.1, 0.15) is 12.6 Å². The first-order valence-corrected chi connectivity index (χ1v) is 12.0. The van der Waals surface area contributed by atoms with Gasteiger partial charge in [0.25, 0.3) is 11.1 Å². The highest BCUT2D eigenvalue weighted by Crippen LogP contribution is 2.40. The maximum atomic E-state index is 12.8. The van der Waals surface area contributed by atoms with Crippen molar-refractivity contribution in [1.82, 2.24) is 4.90 Å². The Balaban J connectivity index is 1.87. The van der Waals surface area contributed by atoms with Crippen molar-refractivity contribution in [3.8, 4) is 11.5 Å². The summed E-state index contributed by atoms with van der Waals surface area (Å²) in [7, 11) is 1.19. The highest BCUT2D eigenvalue weighted by Gasteiger charge is 2.41. The summed E-state index contributed by atoms with van der Waals surface area (Å²) in [5.74, 6) is -0.625. The van der Waals surface area contributed by atoms with Gasteiger partial charge in [0, 0.05) is 15.6 Å². The minimum absolute atomic E-state index is 0.124. The average Bonchev–Trinajstić information content (AvgIpc) is 3.06.